The number of imidazole rings is 1. The first kappa shape index (κ1) is 9.84. The van der Waals surface area contributed by atoms with Crippen molar-refractivity contribution in [3.8, 4) is 0 Å². The fraction of sp³-hybridized carbons (Fsp3) is 0.0769. The molecule has 0 bridgehead atoms. The molecule has 4 heteroatoms. The van der Waals surface area contributed by atoms with E-state index in [4.69, 9.17) is 0 Å². The molecule has 0 amide bonds. The number of aromatic amines is 1. The summed E-state index contributed by atoms with van der Waals surface area (Å²) in [5, 5.41) is 0. The predicted octanol–water partition coefficient (Wildman–Crippen LogP) is 2.73. The van der Waals surface area contributed by atoms with Crippen LogP contribution in [0.3, 0.4) is 0 Å². The Bertz CT molecular complexity index is 597. The van der Waals surface area contributed by atoms with Crippen LogP contribution in [0.4, 0.5) is 11.6 Å². The molecule has 4 nitrogen and oxygen atoms in total. The van der Waals surface area contributed by atoms with E-state index in [2.05, 4.69) is 15.0 Å². The number of benzene rings is 1. The molecule has 0 atom stereocenters. The van der Waals surface area contributed by atoms with Crippen LogP contribution in [0.25, 0.3) is 11.0 Å². The summed E-state index contributed by atoms with van der Waals surface area (Å²) >= 11 is 0. The smallest absolute Gasteiger partial charge is 0.208 e. The van der Waals surface area contributed by atoms with Gasteiger partial charge in [-0.2, -0.15) is 0 Å². The van der Waals surface area contributed by atoms with Gasteiger partial charge in [0.2, 0.25) is 5.95 Å². The Balaban J connectivity index is 2.04. The van der Waals surface area contributed by atoms with Crippen LogP contribution in [0.1, 0.15) is 0 Å². The predicted molar refractivity (Wildman–Crippen MR) is 68.4 cm³/mol. The third-order valence-electron chi connectivity index (χ3n) is 2.74. The van der Waals surface area contributed by atoms with Gasteiger partial charge in [-0.25, -0.2) is 4.98 Å². The fourth-order valence-corrected chi connectivity index (χ4v) is 1.79. The van der Waals surface area contributed by atoms with Gasteiger partial charge in [0.15, 0.2) is 0 Å². The topological polar surface area (TPSA) is 44.8 Å². The van der Waals surface area contributed by atoms with Gasteiger partial charge in [0.05, 0.1) is 11.0 Å². The van der Waals surface area contributed by atoms with Crippen LogP contribution in [-0.2, 0) is 0 Å². The van der Waals surface area contributed by atoms with Crippen molar-refractivity contribution in [2.75, 3.05) is 11.9 Å². The maximum atomic E-state index is 4.54. The zero-order valence-corrected chi connectivity index (χ0v) is 9.46. The summed E-state index contributed by atoms with van der Waals surface area (Å²) in [6, 6.07) is 11.9. The first-order valence-electron chi connectivity index (χ1n) is 5.43. The second kappa shape index (κ2) is 3.90. The highest BCUT2D eigenvalue weighted by Crippen LogP contribution is 2.22. The highest BCUT2D eigenvalue weighted by molar-refractivity contribution is 5.78. The maximum Gasteiger partial charge on any atom is 0.208 e. The standard InChI is InChI=1S/C13H12N4/c1-17(10-6-8-14-9-7-10)13-15-11-4-2-3-5-12(11)16-13/h2-9H,1H3,(H,15,16). The largest absolute Gasteiger partial charge is 0.324 e. The van der Waals surface area contributed by atoms with Crippen LogP contribution in [0, 0.1) is 0 Å². The van der Waals surface area contributed by atoms with Crippen LogP contribution in [0.5, 0.6) is 0 Å². The minimum absolute atomic E-state index is 0.831. The molecule has 2 heterocycles. The van der Waals surface area contributed by atoms with Gasteiger partial charge in [-0.15, -0.1) is 0 Å². The Labute approximate surface area is 98.9 Å². The van der Waals surface area contributed by atoms with Gasteiger partial charge in [-0.1, -0.05) is 12.1 Å². The van der Waals surface area contributed by atoms with E-state index in [0.29, 0.717) is 0 Å². The Morgan fingerprint density at radius 3 is 2.59 bits per heavy atom. The minimum Gasteiger partial charge on any atom is -0.324 e. The van der Waals surface area contributed by atoms with Gasteiger partial charge in [0.1, 0.15) is 0 Å². The van der Waals surface area contributed by atoms with Crippen LogP contribution in [0.15, 0.2) is 48.8 Å². The number of hydrogen-bond donors (Lipinski definition) is 1. The Morgan fingerprint density at radius 1 is 1.06 bits per heavy atom. The summed E-state index contributed by atoms with van der Waals surface area (Å²) in [6.45, 7) is 0. The number of aromatic nitrogens is 3. The van der Waals surface area contributed by atoms with E-state index >= 15 is 0 Å². The number of hydrogen-bond acceptors (Lipinski definition) is 3. The number of nitrogens with zero attached hydrogens (tertiary/aromatic N) is 3. The van der Waals surface area contributed by atoms with E-state index in [1.165, 1.54) is 0 Å². The van der Waals surface area contributed by atoms with Gasteiger partial charge >= 0.3 is 0 Å². The van der Waals surface area contributed by atoms with Crippen molar-refractivity contribution in [1.29, 1.82) is 0 Å². The fourth-order valence-electron chi connectivity index (χ4n) is 1.79. The molecule has 0 unspecified atom stereocenters. The lowest BCUT2D eigenvalue weighted by atomic mass is 10.3. The molecule has 3 aromatic rings. The molecule has 0 radical (unpaired) electrons. The molecular weight excluding hydrogens is 212 g/mol. The monoisotopic (exact) mass is 224 g/mol. The Kier molecular flexibility index (Phi) is 2.26. The van der Waals surface area contributed by atoms with Crippen molar-refractivity contribution in [1.82, 2.24) is 15.0 Å². The number of rotatable bonds is 2. The zero-order chi connectivity index (χ0) is 11.7. The van der Waals surface area contributed by atoms with Crippen molar-refractivity contribution >= 4 is 22.7 Å². The first-order valence-corrected chi connectivity index (χ1v) is 5.43. The number of pyridine rings is 1. The summed E-state index contributed by atoms with van der Waals surface area (Å²) in [6.07, 6.45) is 3.54. The molecule has 2 aromatic heterocycles. The average Bonchev–Trinajstić information content (AvgIpc) is 2.82. The lowest BCUT2D eigenvalue weighted by Crippen LogP contribution is -2.10. The lowest BCUT2D eigenvalue weighted by Gasteiger charge is -2.15. The van der Waals surface area contributed by atoms with Gasteiger partial charge < -0.3 is 9.88 Å². The number of nitrogens with one attached hydrogen (secondary N) is 1. The Hall–Kier alpha value is -2.36. The van der Waals surface area contributed by atoms with Crippen LogP contribution < -0.4 is 4.90 Å². The van der Waals surface area contributed by atoms with E-state index in [1.54, 1.807) is 12.4 Å². The molecule has 17 heavy (non-hydrogen) atoms. The highest BCUT2D eigenvalue weighted by atomic mass is 15.2. The Morgan fingerprint density at radius 2 is 1.82 bits per heavy atom. The molecule has 3 rings (SSSR count). The zero-order valence-electron chi connectivity index (χ0n) is 9.46. The minimum atomic E-state index is 0.831. The molecule has 0 aliphatic heterocycles. The molecule has 0 saturated carbocycles. The second-order valence-electron chi connectivity index (χ2n) is 3.84. The van der Waals surface area contributed by atoms with E-state index in [1.807, 2.05) is 48.3 Å². The van der Waals surface area contributed by atoms with E-state index in [-0.39, 0.29) is 0 Å². The quantitative estimate of drug-likeness (QED) is 0.728. The SMILES string of the molecule is CN(c1ccncc1)c1nc2ccccc2[nH]1. The summed E-state index contributed by atoms with van der Waals surface area (Å²) in [5.74, 6) is 0.831. The molecule has 0 spiro atoms. The number of H-pyrrole nitrogens is 1. The summed E-state index contributed by atoms with van der Waals surface area (Å²) < 4.78 is 0. The van der Waals surface area contributed by atoms with Crippen molar-refractivity contribution in [2.24, 2.45) is 0 Å². The summed E-state index contributed by atoms with van der Waals surface area (Å²) in [5.41, 5.74) is 3.07. The number of fused-ring (bicyclic) bond motifs is 1. The van der Waals surface area contributed by atoms with Crippen LogP contribution in [-0.4, -0.2) is 22.0 Å². The van der Waals surface area contributed by atoms with Gasteiger partial charge in [0, 0.05) is 25.1 Å². The van der Waals surface area contributed by atoms with Crippen molar-refractivity contribution < 1.29 is 0 Å². The van der Waals surface area contributed by atoms with E-state index < -0.39 is 0 Å². The third-order valence-corrected chi connectivity index (χ3v) is 2.74. The molecule has 0 fully saturated rings. The van der Waals surface area contributed by atoms with Crippen LogP contribution in [0.2, 0.25) is 0 Å². The third kappa shape index (κ3) is 1.73. The molecule has 0 saturated heterocycles. The van der Waals surface area contributed by atoms with Crippen molar-refractivity contribution in [3.63, 3.8) is 0 Å². The average molecular weight is 224 g/mol. The molecule has 0 aliphatic rings. The van der Waals surface area contributed by atoms with Gasteiger partial charge in [0.25, 0.3) is 0 Å². The number of anilines is 2. The second-order valence-corrected chi connectivity index (χ2v) is 3.84. The van der Waals surface area contributed by atoms with E-state index in [9.17, 15) is 0 Å². The summed E-state index contributed by atoms with van der Waals surface area (Å²) in [7, 11) is 1.98. The molecule has 84 valence electrons. The highest BCUT2D eigenvalue weighted by Gasteiger charge is 2.08. The number of para-hydroxylation sites is 2. The van der Waals surface area contributed by atoms with E-state index in [0.717, 1.165) is 22.7 Å². The van der Waals surface area contributed by atoms with Crippen LogP contribution >= 0.6 is 0 Å². The molecule has 1 N–H and O–H groups in total. The lowest BCUT2D eigenvalue weighted by molar-refractivity contribution is 1.10. The molecule has 0 aliphatic carbocycles. The van der Waals surface area contributed by atoms with Gasteiger partial charge in [-0.3, -0.25) is 4.98 Å². The maximum absolute atomic E-state index is 4.54. The normalized spacial score (nSPS) is 10.6. The van der Waals surface area contributed by atoms with Crippen molar-refractivity contribution in [3.05, 3.63) is 48.8 Å². The van der Waals surface area contributed by atoms with Crippen molar-refractivity contribution in [2.45, 2.75) is 0 Å². The first-order chi connectivity index (χ1) is 8.34. The molecular formula is C13H12N4. The molecule has 1 aromatic carbocycles. The van der Waals surface area contributed by atoms with Gasteiger partial charge in [-0.05, 0) is 24.3 Å². The summed E-state index contributed by atoms with van der Waals surface area (Å²) in [4.78, 5) is 13.8.